The van der Waals surface area contributed by atoms with E-state index in [4.69, 9.17) is 37.9 Å². The average Bonchev–Trinajstić information content (AvgIpc) is 2.69. The van der Waals surface area contributed by atoms with Crippen LogP contribution in [0, 0.1) is 11.3 Å². The number of halogens is 2. The largest absolute Gasteiger partial charge is 0.423 e. The van der Waals surface area contributed by atoms with Gasteiger partial charge in [0.05, 0.1) is 22.2 Å². The van der Waals surface area contributed by atoms with Crippen LogP contribution in [0.5, 0.6) is 5.75 Å². The number of amides is 1. The minimum Gasteiger partial charge on any atom is -0.423 e. The van der Waals surface area contributed by atoms with Crippen molar-refractivity contribution < 1.29 is 19.1 Å². The molecular weight excluding hydrogens is 403 g/mol. The molecule has 0 heterocycles. The maximum atomic E-state index is 12.2. The van der Waals surface area contributed by atoms with Crippen LogP contribution in [0.1, 0.15) is 15.9 Å². The number of nitrogens with zero attached hydrogens (tertiary/aromatic N) is 1. The Hall–Kier alpha value is -2.85. The Morgan fingerprint density at radius 3 is 2.46 bits per heavy atom. The van der Waals surface area contributed by atoms with Gasteiger partial charge < -0.3 is 14.8 Å². The quantitative estimate of drug-likeness (QED) is 0.242. The zero-order chi connectivity index (χ0) is 20.5. The Kier molecular flexibility index (Phi) is 8.02. The number of esters is 1. The van der Waals surface area contributed by atoms with Crippen molar-refractivity contribution in [2.24, 2.45) is 0 Å². The molecule has 0 aliphatic heterocycles. The molecule has 1 amide bonds. The van der Waals surface area contributed by atoms with Crippen molar-refractivity contribution in [2.75, 3.05) is 20.3 Å². The van der Waals surface area contributed by atoms with E-state index in [0.717, 1.165) is 0 Å². The first kappa shape index (κ1) is 21.5. The summed E-state index contributed by atoms with van der Waals surface area (Å²) in [6.45, 7) is 0.654. The van der Waals surface area contributed by atoms with Gasteiger partial charge in [-0.05, 0) is 42.0 Å². The Balaban J connectivity index is 2.05. The number of benzene rings is 2. The summed E-state index contributed by atoms with van der Waals surface area (Å²) in [7, 11) is 1.52. The highest BCUT2D eigenvalue weighted by Crippen LogP contribution is 2.23. The zero-order valence-corrected chi connectivity index (χ0v) is 16.4. The van der Waals surface area contributed by atoms with E-state index in [9.17, 15) is 9.59 Å². The molecule has 2 rings (SSSR count). The first-order valence-corrected chi connectivity index (χ1v) is 8.86. The van der Waals surface area contributed by atoms with Gasteiger partial charge in [-0.3, -0.25) is 4.79 Å². The van der Waals surface area contributed by atoms with Gasteiger partial charge >= 0.3 is 5.97 Å². The predicted octanol–water partition coefficient (Wildman–Crippen LogP) is 3.88. The summed E-state index contributed by atoms with van der Waals surface area (Å²) in [5, 5.41) is 12.3. The summed E-state index contributed by atoms with van der Waals surface area (Å²) in [5.74, 6) is -0.775. The highest BCUT2D eigenvalue weighted by atomic mass is 35.5. The lowest BCUT2D eigenvalue weighted by Crippen LogP contribution is -2.27. The minimum absolute atomic E-state index is 0.0448. The standard InChI is InChI=1S/C20H16Cl2N2O4/c1-27-9-8-24-19(25)15(12-23)10-13-2-5-16(6-3-13)28-20(26)14-4-7-17(21)18(22)11-14/h2-7,10-11H,8-9H2,1H3,(H,24,25)/b15-10+. The molecule has 2 aromatic rings. The first-order chi connectivity index (χ1) is 13.4. The second kappa shape index (κ2) is 10.5. The lowest BCUT2D eigenvalue weighted by atomic mass is 10.1. The summed E-state index contributed by atoms with van der Waals surface area (Å²) in [6.07, 6.45) is 1.44. The third-order valence-corrected chi connectivity index (χ3v) is 4.25. The predicted molar refractivity (Wildman–Crippen MR) is 106 cm³/mol. The SMILES string of the molecule is COCCNC(=O)/C(C#N)=C/c1ccc(OC(=O)c2ccc(Cl)c(Cl)c2)cc1. The van der Waals surface area contributed by atoms with Crippen LogP contribution in [0.4, 0.5) is 0 Å². The van der Waals surface area contributed by atoms with Crippen molar-refractivity contribution in [1.29, 1.82) is 5.26 Å². The Bertz CT molecular complexity index is 934. The second-order valence-corrected chi connectivity index (χ2v) is 6.32. The van der Waals surface area contributed by atoms with Gasteiger partial charge in [-0.25, -0.2) is 4.79 Å². The Morgan fingerprint density at radius 1 is 1.14 bits per heavy atom. The van der Waals surface area contributed by atoms with Crippen LogP contribution in [-0.4, -0.2) is 32.1 Å². The van der Waals surface area contributed by atoms with E-state index >= 15 is 0 Å². The van der Waals surface area contributed by atoms with Crippen molar-refractivity contribution in [1.82, 2.24) is 5.32 Å². The van der Waals surface area contributed by atoms with Crippen molar-refractivity contribution in [3.8, 4) is 11.8 Å². The van der Waals surface area contributed by atoms with Crippen LogP contribution < -0.4 is 10.1 Å². The molecule has 0 saturated heterocycles. The molecule has 0 aromatic heterocycles. The number of hydrogen-bond acceptors (Lipinski definition) is 5. The fourth-order valence-corrected chi connectivity index (χ4v) is 2.40. The third-order valence-electron chi connectivity index (χ3n) is 3.51. The molecule has 0 aliphatic carbocycles. The van der Waals surface area contributed by atoms with E-state index < -0.39 is 11.9 Å². The molecule has 8 heteroatoms. The maximum absolute atomic E-state index is 12.2. The lowest BCUT2D eigenvalue weighted by Gasteiger charge is -2.06. The molecule has 0 radical (unpaired) electrons. The molecule has 0 unspecified atom stereocenters. The second-order valence-electron chi connectivity index (χ2n) is 5.51. The van der Waals surface area contributed by atoms with E-state index in [-0.39, 0.29) is 16.2 Å². The molecular formula is C20H16Cl2N2O4. The maximum Gasteiger partial charge on any atom is 0.343 e. The molecule has 0 bridgehead atoms. The number of hydrogen-bond donors (Lipinski definition) is 1. The fourth-order valence-electron chi connectivity index (χ4n) is 2.10. The normalized spacial score (nSPS) is 10.9. The van der Waals surface area contributed by atoms with E-state index in [2.05, 4.69) is 5.32 Å². The van der Waals surface area contributed by atoms with Gasteiger partial charge in [-0.1, -0.05) is 35.3 Å². The van der Waals surface area contributed by atoms with Gasteiger partial charge in [0.2, 0.25) is 0 Å². The molecule has 0 atom stereocenters. The highest BCUT2D eigenvalue weighted by molar-refractivity contribution is 6.42. The Labute approximate surface area is 172 Å². The van der Waals surface area contributed by atoms with Gasteiger partial charge in [0.15, 0.2) is 0 Å². The molecule has 0 spiro atoms. The molecule has 2 aromatic carbocycles. The number of nitrogens with one attached hydrogen (secondary N) is 1. The number of carbonyl (C=O) groups excluding carboxylic acids is 2. The number of rotatable bonds is 7. The zero-order valence-electron chi connectivity index (χ0n) is 14.9. The van der Waals surface area contributed by atoms with Gasteiger partial charge in [0, 0.05) is 13.7 Å². The van der Waals surface area contributed by atoms with Crippen LogP contribution in [0.3, 0.4) is 0 Å². The molecule has 0 aliphatic rings. The van der Waals surface area contributed by atoms with E-state index in [1.165, 1.54) is 31.4 Å². The van der Waals surface area contributed by atoms with Crippen LogP contribution >= 0.6 is 23.2 Å². The summed E-state index contributed by atoms with van der Waals surface area (Å²) in [4.78, 5) is 24.1. The van der Waals surface area contributed by atoms with Crippen molar-refractivity contribution >= 4 is 41.2 Å². The van der Waals surface area contributed by atoms with Crippen LogP contribution in [0.2, 0.25) is 10.0 Å². The fraction of sp³-hybridized carbons (Fsp3) is 0.150. The van der Waals surface area contributed by atoms with Crippen molar-refractivity contribution in [2.45, 2.75) is 0 Å². The first-order valence-electron chi connectivity index (χ1n) is 8.11. The van der Waals surface area contributed by atoms with Crippen LogP contribution in [-0.2, 0) is 9.53 Å². The van der Waals surface area contributed by atoms with Gasteiger partial charge in [-0.2, -0.15) is 5.26 Å². The number of carbonyl (C=O) groups is 2. The monoisotopic (exact) mass is 418 g/mol. The Morgan fingerprint density at radius 2 is 1.86 bits per heavy atom. The summed E-state index contributed by atoms with van der Waals surface area (Å²) in [6, 6.07) is 12.6. The number of ether oxygens (including phenoxy) is 2. The smallest absolute Gasteiger partial charge is 0.343 e. The topological polar surface area (TPSA) is 88.4 Å². The molecule has 0 fully saturated rings. The number of methoxy groups -OCH3 is 1. The van der Waals surface area contributed by atoms with Crippen molar-refractivity contribution in [3.05, 3.63) is 69.2 Å². The summed E-state index contributed by atoms with van der Waals surface area (Å²) in [5.41, 5.74) is 0.822. The average molecular weight is 419 g/mol. The third kappa shape index (κ3) is 6.10. The molecule has 6 nitrogen and oxygen atoms in total. The van der Waals surface area contributed by atoms with Crippen LogP contribution in [0.25, 0.3) is 6.08 Å². The minimum atomic E-state index is -0.586. The van der Waals surface area contributed by atoms with Gasteiger partial charge in [-0.15, -0.1) is 0 Å². The van der Waals surface area contributed by atoms with E-state index in [0.29, 0.717) is 29.5 Å². The molecule has 0 saturated carbocycles. The van der Waals surface area contributed by atoms with E-state index in [1.54, 1.807) is 24.3 Å². The van der Waals surface area contributed by atoms with Crippen molar-refractivity contribution in [3.63, 3.8) is 0 Å². The number of nitriles is 1. The van der Waals surface area contributed by atoms with Gasteiger partial charge in [0.25, 0.3) is 5.91 Å². The molecule has 144 valence electrons. The summed E-state index contributed by atoms with van der Waals surface area (Å²) >= 11 is 11.7. The summed E-state index contributed by atoms with van der Waals surface area (Å²) < 4.78 is 10.1. The van der Waals surface area contributed by atoms with E-state index in [1.807, 2.05) is 6.07 Å². The van der Waals surface area contributed by atoms with Gasteiger partial charge in [0.1, 0.15) is 17.4 Å². The molecule has 28 heavy (non-hydrogen) atoms. The highest BCUT2D eigenvalue weighted by Gasteiger charge is 2.11. The molecule has 1 N–H and O–H groups in total. The van der Waals surface area contributed by atoms with Crippen LogP contribution in [0.15, 0.2) is 48.0 Å². The lowest BCUT2D eigenvalue weighted by molar-refractivity contribution is -0.117.